The van der Waals surface area contributed by atoms with Gasteiger partial charge in [0.1, 0.15) is 11.6 Å². The summed E-state index contributed by atoms with van der Waals surface area (Å²) in [6.07, 6.45) is 2.19. The van der Waals surface area contributed by atoms with Gasteiger partial charge in [-0.2, -0.15) is 0 Å². The third kappa shape index (κ3) is 5.45. The number of carbonyl (C=O) groups is 1. The van der Waals surface area contributed by atoms with E-state index >= 15 is 0 Å². The topological polar surface area (TPSA) is 65.5 Å². The number of benzene rings is 3. The van der Waals surface area contributed by atoms with Crippen molar-refractivity contribution in [3.63, 3.8) is 0 Å². The largest absolute Gasteiger partial charge is 0.478 e. The van der Waals surface area contributed by atoms with Gasteiger partial charge >= 0.3 is 5.97 Å². The highest BCUT2D eigenvalue weighted by atomic mass is 35.5. The highest BCUT2D eigenvalue weighted by Gasteiger charge is 2.32. The minimum Gasteiger partial charge on any atom is -0.478 e. The summed E-state index contributed by atoms with van der Waals surface area (Å²) < 4.78 is 14.2. The molecule has 1 aliphatic rings. The Kier molecular flexibility index (Phi) is 7.40. The average molecular weight is 518 g/mol. The molecule has 3 aromatic carbocycles. The normalized spacial score (nSPS) is 18.6. The molecule has 0 amide bonds. The number of piperidine rings is 1. The van der Waals surface area contributed by atoms with E-state index in [2.05, 4.69) is 64.6 Å². The predicted octanol–water partition coefficient (Wildman–Crippen LogP) is 6.69. The molecule has 1 fully saturated rings. The number of hydrogen-bond donors (Lipinski definition) is 2. The maximum Gasteiger partial charge on any atom is 0.337 e. The first kappa shape index (κ1) is 25.2. The van der Waals surface area contributed by atoms with Crippen molar-refractivity contribution in [3.8, 4) is 0 Å². The third-order valence-electron chi connectivity index (χ3n) is 7.38. The number of halogens is 2. The molecule has 3 atom stereocenters. The van der Waals surface area contributed by atoms with Crippen LogP contribution < -0.4 is 10.2 Å². The molecule has 5 rings (SSSR count). The van der Waals surface area contributed by atoms with Crippen LogP contribution in [0.25, 0.3) is 10.8 Å². The Balaban J connectivity index is 1.37. The molecule has 2 unspecified atom stereocenters. The first-order valence-corrected chi connectivity index (χ1v) is 12.9. The highest BCUT2D eigenvalue weighted by molar-refractivity contribution is 6.33. The summed E-state index contributed by atoms with van der Waals surface area (Å²) in [5.41, 5.74) is 2.25. The van der Waals surface area contributed by atoms with Gasteiger partial charge in [0.25, 0.3) is 0 Å². The Morgan fingerprint density at radius 3 is 2.73 bits per heavy atom. The number of carboxylic acids is 1. The molecule has 1 aromatic heterocycles. The molecule has 7 heteroatoms. The molecule has 1 saturated heterocycles. The summed E-state index contributed by atoms with van der Waals surface area (Å²) in [7, 11) is 0. The molecule has 4 aromatic rings. The van der Waals surface area contributed by atoms with E-state index in [1.54, 1.807) is 12.1 Å². The number of pyridine rings is 1. The molecular weight excluding hydrogens is 489 g/mol. The van der Waals surface area contributed by atoms with E-state index < -0.39 is 5.97 Å². The van der Waals surface area contributed by atoms with Crippen LogP contribution >= 0.6 is 11.6 Å². The van der Waals surface area contributed by atoms with Crippen molar-refractivity contribution >= 4 is 34.2 Å². The number of carboxylic acid groups (broad SMARTS) is 1. The summed E-state index contributed by atoms with van der Waals surface area (Å²) in [6, 6.07) is 23.2. The number of rotatable bonds is 7. The molecule has 190 valence electrons. The van der Waals surface area contributed by atoms with Gasteiger partial charge in [0.15, 0.2) is 0 Å². The zero-order chi connectivity index (χ0) is 25.9. The smallest absolute Gasteiger partial charge is 0.337 e. The lowest BCUT2D eigenvalue weighted by Crippen LogP contribution is -2.43. The summed E-state index contributed by atoms with van der Waals surface area (Å²) in [4.78, 5) is 17.7. The van der Waals surface area contributed by atoms with Crippen LogP contribution in [0.2, 0.25) is 5.02 Å². The Bertz CT molecular complexity index is 1420. The average Bonchev–Trinajstić information content (AvgIpc) is 2.91. The third-order valence-corrected chi connectivity index (χ3v) is 7.66. The van der Waals surface area contributed by atoms with Gasteiger partial charge in [-0.05, 0) is 65.9 Å². The number of fused-ring (bicyclic) bond motifs is 1. The van der Waals surface area contributed by atoms with Gasteiger partial charge in [-0.1, -0.05) is 66.2 Å². The molecular formula is C30H29ClFN3O2. The Morgan fingerprint density at radius 1 is 1.16 bits per heavy atom. The molecule has 2 N–H and O–H groups in total. The van der Waals surface area contributed by atoms with Gasteiger partial charge in [-0.3, -0.25) is 0 Å². The number of aromatic carboxylic acids is 1. The van der Waals surface area contributed by atoms with Crippen molar-refractivity contribution in [1.29, 1.82) is 0 Å². The molecule has 0 radical (unpaired) electrons. The molecule has 0 aliphatic carbocycles. The van der Waals surface area contributed by atoms with Gasteiger partial charge in [-0.25, -0.2) is 14.2 Å². The molecule has 0 bridgehead atoms. The van der Waals surface area contributed by atoms with E-state index in [0.717, 1.165) is 25.1 Å². The highest BCUT2D eigenvalue weighted by Crippen LogP contribution is 2.37. The van der Waals surface area contributed by atoms with Crippen LogP contribution in [0, 0.1) is 11.7 Å². The van der Waals surface area contributed by atoms with Crippen LogP contribution in [-0.4, -0.2) is 35.7 Å². The maximum absolute atomic E-state index is 14.2. The number of aromatic nitrogens is 1. The molecule has 37 heavy (non-hydrogen) atoms. The van der Waals surface area contributed by atoms with E-state index in [0.29, 0.717) is 17.4 Å². The van der Waals surface area contributed by atoms with Crippen LogP contribution in [0.15, 0.2) is 79.0 Å². The van der Waals surface area contributed by atoms with E-state index in [9.17, 15) is 14.3 Å². The quantitative estimate of drug-likeness (QED) is 0.286. The van der Waals surface area contributed by atoms with Gasteiger partial charge in [-0.15, -0.1) is 0 Å². The van der Waals surface area contributed by atoms with Gasteiger partial charge in [0.05, 0.1) is 10.6 Å². The van der Waals surface area contributed by atoms with Gasteiger partial charge in [0.2, 0.25) is 0 Å². The van der Waals surface area contributed by atoms with Gasteiger partial charge in [0, 0.05) is 31.2 Å². The maximum atomic E-state index is 14.2. The summed E-state index contributed by atoms with van der Waals surface area (Å²) in [5, 5.41) is 15.8. The fourth-order valence-corrected chi connectivity index (χ4v) is 5.68. The molecule has 0 spiro atoms. The fourth-order valence-electron chi connectivity index (χ4n) is 5.40. The zero-order valence-electron chi connectivity index (χ0n) is 20.6. The zero-order valence-corrected chi connectivity index (χ0v) is 21.3. The SMILES string of the molecule is C[C@@H](NCC1CCN(c2ncc(C(=O)O)cc2Cl)CC1c1cccc(F)c1)c1cccc2ccccc12. The number of hydrogen-bond acceptors (Lipinski definition) is 4. The fraction of sp³-hybridized carbons (Fsp3) is 0.267. The standard InChI is InChI=1S/C30H29ClFN3O2/c1-19(25-11-5-7-20-6-2-3-10-26(20)25)33-16-22-12-13-35(18-27(22)21-8-4-9-24(32)14-21)29-28(31)15-23(17-34-29)30(36)37/h2-11,14-15,17,19,22,27,33H,12-13,16,18H2,1H3,(H,36,37)/t19-,22?,27?/m1/s1. The summed E-state index contributed by atoms with van der Waals surface area (Å²) in [5.74, 6) is -0.444. The van der Waals surface area contributed by atoms with Crippen LogP contribution in [0.3, 0.4) is 0 Å². The van der Waals surface area contributed by atoms with Crippen molar-refractivity contribution in [2.75, 3.05) is 24.5 Å². The second kappa shape index (κ2) is 10.9. The van der Waals surface area contributed by atoms with Crippen LogP contribution in [0.1, 0.15) is 46.8 Å². The molecule has 1 aliphatic heterocycles. The van der Waals surface area contributed by atoms with E-state index in [4.69, 9.17) is 11.6 Å². The van der Waals surface area contributed by atoms with Gasteiger partial charge < -0.3 is 15.3 Å². The molecule has 0 saturated carbocycles. The van der Waals surface area contributed by atoms with Crippen LogP contribution in [0.5, 0.6) is 0 Å². The van der Waals surface area contributed by atoms with Crippen molar-refractivity contribution in [2.45, 2.75) is 25.3 Å². The molecule has 2 heterocycles. The lowest BCUT2D eigenvalue weighted by Gasteiger charge is -2.40. The minimum atomic E-state index is -1.07. The van der Waals surface area contributed by atoms with E-state index in [1.807, 2.05) is 6.07 Å². The van der Waals surface area contributed by atoms with Crippen LogP contribution in [0.4, 0.5) is 10.2 Å². The Hall–Kier alpha value is -3.48. The van der Waals surface area contributed by atoms with Crippen molar-refractivity contribution in [3.05, 3.63) is 107 Å². The second-order valence-corrected chi connectivity index (χ2v) is 10.1. The number of anilines is 1. The first-order chi connectivity index (χ1) is 17.9. The monoisotopic (exact) mass is 517 g/mol. The number of nitrogens with one attached hydrogen (secondary N) is 1. The summed E-state index contributed by atoms with van der Waals surface area (Å²) >= 11 is 6.44. The molecule has 5 nitrogen and oxygen atoms in total. The van der Waals surface area contributed by atoms with E-state index in [1.165, 1.54) is 34.7 Å². The first-order valence-electron chi connectivity index (χ1n) is 12.5. The number of nitrogens with zero attached hydrogens (tertiary/aromatic N) is 2. The van der Waals surface area contributed by atoms with Crippen molar-refractivity contribution < 1.29 is 14.3 Å². The van der Waals surface area contributed by atoms with Crippen LogP contribution in [-0.2, 0) is 0 Å². The minimum absolute atomic E-state index is 0.0497. The van der Waals surface area contributed by atoms with E-state index in [-0.39, 0.29) is 29.3 Å². The predicted molar refractivity (Wildman–Crippen MR) is 146 cm³/mol. The second-order valence-electron chi connectivity index (χ2n) is 9.69. The lowest BCUT2D eigenvalue weighted by molar-refractivity contribution is 0.0696. The van der Waals surface area contributed by atoms with Crippen molar-refractivity contribution in [2.24, 2.45) is 5.92 Å². The summed E-state index contributed by atoms with van der Waals surface area (Å²) in [6.45, 7) is 4.29. The Labute approximate surface area is 220 Å². The van der Waals surface area contributed by atoms with Crippen molar-refractivity contribution in [1.82, 2.24) is 10.3 Å². The lowest BCUT2D eigenvalue weighted by atomic mass is 9.80. The Morgan fingerprint density at radius 2 is 1.95 bits per heavy atom.